The van der Waals surface area contributed by atoms with Crippen molar-refractivity contribution in [1.29, 1.82) is 0 Å². The van der Waals surface area contributed by atoms with Gasteiger partial charge in [0.25, 0.3) is 10.1 Å². The predicted octanol–water partition coefficient (Wildman–Crippen LogP) is 11.0. The zero-order chi connectivity index (χ0) is 39.2. The largest absolute Gasteiger partial charge is 0.497 e. The standard InChI is InChI=1S/C43H39F3O6S3/c1-41(2)30-25-26-42(41,39(47)27-30)28-54(49,50)52-55(33-21-17-31(51-3)18-22-33,38-16-10-8-14-36(38)43(44,45)46)34-23-19-32(20-24-34)53-37-15-9-7-13-35(37)40(48)29-11-5-4-6-12-29/h4-24,30H,25-28H2,1-3H3. The lowest BCUT2D eigenvalue weighted by Crippen LogP contribution is -2.42. The second-order valence-corrected chi connectivity index (χ2v) is 20.0. The molecule has 7 rings (SSSR count). The van der Waals surface area contributed by atoms with Gasteiger partial charge in [-0.3, -0.25) is 9.59 Å². The third-order valence-corrected chi connectivity index (χ3v) is 17.6. The maximum absolute atomic E-state index is 15.0. The highest BCUT2D eigenvalue weighted by atomic mass is 32.3. The van der Waals surface area contributed by atoms with Crippen molar-refractivity contribution in [3.63, 3.8) is 0 Å². The highest BCUT2D eigenvalue weighted by Crippen LogP contribution is 2.73. The van der Waals surface area contributed by atoms with E-state index in [0.29, 0.717) is 39.5 Å². The van der Waals surface area contributed by atoms with Crippen LogP contribution in [0.25, 0.3) is 0 Å². The van der Waals surface area contributed by atoms with Crippen LogP contribution in [-0.2, 0) is 24.7 Å². The molecule has 0 aromatic heterocycles. The second-order valence-electron chi connectivity index (χ2n) is 14.4. The van der Waals surface area contributed by atoms with Crippen molar-refractivity contribution in [2.75, 3.05) is 12.9 Å². The molecule has 0 saturated heterocycles. The third kappa shape index (κ3) is 7.02. The highest BCUT2D eigenvalue weighted by Gasteiger charge is 2.66. The van der Waals surface area contributed by atoms with E-state index >= 15 is 13.2 Å². The van der Waals surface area contributed by atoms with Gasteiger partial charge in [0.05, 0.1) is 23.8 Å². The number of benzene rings is 5. The molecule has 5 aromatic rings. The summed E-state index contributed by atoms with van der Waals surface area (Å²) in [6.07, 6.45) is -3.58. The van der Waals surface area contributed by atoms with E-state index in [1.165, 1.54) is 49.2 Å². The monoisotopic (exact) mass is 804 g/mol. The van der Waals surface area contributed by atoms with Crippen molar-refractivity contribution in [2.45, 2.75) is 63.8 Å². The van der Waals surface area contributed by atoms with E-state index in [-0.39, 0.29) is 38.6 Å². The van der Waals surface area contributed by atoms with Crippen molar-refractivity contribution in [1.82, 2.24) is 0 Å². The molecule has 0 radical (unpaired) electrons. The van der Waals surface area contributed by atoms with Crippen LogP contribution in [0.5, 0.6) is 5.75 Å². The molecule has 0 N–H and O–H groups in total. The van der Waals surface area contributed by atoms with E-state index in [4.69, 9.17) is 8.37 Å². The van der Waals surface area contributed by atoms with E-state index in [2.05, 4.69) is 0 Å². The van der Waals surface area contributed by atoms with Crippen molar-refractivity contribution in [2.24, 2.45) is 16.7 Å². The Morgan fingerprint density at radius 1 is 0.818 bits per heavy atom. The van der Waals surface area contributed by atoms with E-state index in [9.17, 15) is 18.0 Å². The molecule has 2 saturated carbocycles. The lowest BCUT2D eigenvalue weighted by molar-refractivity contribution is -0.139. The quantitative estimate of drug-likeness (QED) is 0.116. The van der Waals surface area contributed by atoms with Crippen molar-refractivity contribution >= 4 is 43.8 Å². The number of rotatable bonds is 12. The van der Waals surface area contributed by atoms with E-state index in [0.717, 1.165) is 6.07 Å². The van der Waals surface area contributed by atoms with Gasteiger partial charge in [0.1, 0.15) is 11.5 Å². The topological polar surface area (TPSA) is 86.7 Å². The van der Waals surface area contributed by atoms with Crippen molar-refractivity contribution in [3.8, 4) is 5.75 Å². The first-order chi connectivity index (χ1) is 26.1. The molecule has 286 valence electrons. The van der Waals surface area contributed by atoms with Crippen LogP contribution in [0.3, 0.4) is 0 Å². The summed E-state index contributed by atoms with van der Waals surface area (Å²) in [4.78, 5) is 28.3. The van der Waals surface area contributed by atoms with Gasteiger partial charge in [-0.1, -0.05) is 80.2 Å². The van der Waals surface area contributed by atoms with E-state index < -0.39 is 48.7 Å². The fourth-order valence-corrected chi connectivity index (χ4v) is 15.3. The molecule has 2 aliphatic rings. The number of fused-ring (bicyclic) bond motifs is 2. The number of carbonyl (C=O) groups excluding carboxylic acids is 2. The van der Waals surface area contributed by atoms with Gasteiger partial charge in [0, 0.05) is 42.0 Å². The lowest BCUT2D eigenvalue weighted by atomic mass is 9.70. The van der Waals surface area contributed by atoms with Gasteiger partial charge >= 0.3 is 6.18 Å². The second kappa shape index (κ2) is 14.6. The molecular formula is C43H39F3O6S3. The average Bonchev–Trinajstić information content (AvgIpc) is 3.52. The molecule has 0 amide bonds. The Kier molecular flexibility index (Phi) is 10.3. The number of halogens is 3. The molecule has 0 aliphatic heterocycles. The Hall–Kier alpha value is -4.36. The number of hydrogen-bond acceptors (Lipinski definition) is 7. The molecule has 2 bridgehead atoms. The minimum Gasteiger partial charge on any atom is -0.497 e. The first kappa shape index (κ1) is 38.9. The predicted molar refractivity (Wildman–Crippen MR) is 207 cm³/mol. The SMILES string of the molecule is COc1ccc(S(OS(=O)(=O)CC23CCC(CC2=O)C3(C)C)(c2ccc(Sc3ccccc3C(=O)c3ccccc3)cc2)c2ccccc2C(F)(F)F)cc1. The molecule has 5 aromatic carbocycles. The van der Waals surface area contributed by atoms with Crippen LogP contribution in [0.4, 0.5) is 13.2 Å². The Bertz CT molecular complexity index is 2350. The Morgan fingerprint density at radius 3 is 2.02 bits per heavy atom. The molecule has 0 heterocycles. The van der Waals surface area contributed by atoms with Crippen LogP contribution in [0, 0.1) is 16.7 Å². The van der Waals surface area contributed by atoms with Crippen molar-refractivity contribution < 1.29 is 39.5 Å². The van der Waals surface area contributed by atoms with Gasteiger partial charge in [-0.2, -0.15) is 21.6 Å². The molecular weight excluding hydrogens is 766 g/mol. The molecule has 2 fully saturated rings. The smallest absolute Gasteiger partial charge is 0.417 e. The van der Waals surface area contributed by atoms with Crippen molar-refractivity contribution in [3.05, 3.63) is 144 Å². The number of Topliss-reactive ketones (excluding diaryl/α,β-unsaturated/α-hetero) is 1. The number of ketones is 2. The van der Waals surface area contributed by atoms with Crippen LogP contribution in [0.15, 0.2) is 152 Å². The number of methoxy groups -OCH3 is 1. The fraction of sp³-hybridized carbons (Fsp3) is 0.256. The van der Waals surface area contributed by atoms with Gasteiger partial charge in [0.15, 0.2) is 5.78 Å². The average molecular weight is 805 g/mol. The summed E-state index contributed by atoms with van der Waals surface area (Å²) in [7, 11) is -7.00. The first-order valence-corrected chi connectivity index (χ1v) is 21.6. The lowest BCUT2D eigenvalue weighted by Gasteiger charge is -2.42. The van der Waals surface area contributed by atoms with Gasteiger partial charge in [0.2, 0.25) is 0 Å². The Morgan fingerprint density at radius 2 is 1.42 bits per heavy atom. The number of carbonyl (C=O) groups is 2. The third-order valence-electron chi connectivity index (χ3n) is 11.2. The minimum atomic E-state index is -4.87. The van der Waals surface area contributed by atoms with Gasteiger partial charge in [-0.25, -0.2) is 3.63 Å². The fourth-order valence-electron chi connectivity index (χ4n) is 8.13. The summed E-state index contributed by atoms with van der Waals surface area (Å²) in [5.41, 5.74) is -1.90. The van der Waals surface area contributed by atoms with Gasteiger partial charge in [-0.15, -0.1) is 0 Å². The van der Waals surface area contributed by atoms with Crippen LogP contribution >= 0.6 is 22.1 Å². The van der Waals surface area contributed by atoms with E-state index in [1.807, 2.05) is 32.0 Å². The molecule has 55 heavy (non-hydrogen) atoms. The minimum absolute atomic E-state index is 0.0120. The number of alkyl halides is 3. The Balaban J connectivity index is 1.38. The Labute approximate surface area is 325 Å². The summed E-state index contributed by atoms with van der Waals surface area (Å²) in [5, 5.41) is 0. The molecule has 2 aliphatic carbocycles. The summed E-state index contributed by atoms with van der Waals surface area (Å²) < 4.78 is 86.1. The van der Waals surface area contributed by atoms with Gasteiger partial charge in [-0.05, 0) is 107 Å². The number of hydrogen-bond donors (Lipinski definition) is 0. The van der Waals surface area contributed by atoms with E-state index in [1.54, 1.807) is 72.8 Å². The summed E-state index contributed by atoms with van der Waals surface area (Å²) in [6.45, 7) is 3.80. The summed E-state index contributed by atoms with van der Waals surface area (Å²) >= 11 is 1.30. The highest BCUT2D eigenvalue weighted by molar-refractivity contribution is 8.33. The summed E-state index contributed by atoms with van der Waals surface area (Å²) in [6, 6.07) is 33.6. The van der Waals surface area contributed by atoms with Crippen LogP contribution < -0.4 is 4.74 Å². The molecule has 6 nitrogen and oxygen atoms in total. The maximum atomic E-state index is 15.0. The van der Waals surface area contributed by atoms with Crippen LogP contribution in [-0.4, -0.2) is 32.8 Å². The zero-order valence-corrected chi connectivity index (χ0v) is 32.8. The molecule has 3 unspecified atom stereocenters. The molecule has 12 heteroatoms. The normalized spacial score (nSPS) is 20.8. The molecule has 0 spiro atoms. The first-order valence-electron chi connectivity index (χ1n) is 17.7. The van der Waals surface area contributed by atoms with Crippen LogP contribution in [0.2, 0.25) is 0 Å². The zero-order valence-electron chi connectivity index (χ0n) is 30.3. The van der Waals surface area contributed by atoms with Gasteiger partial charge < -0.3 is 4.74 Å². The number of ether oxygens (including phenoxy) is 1. The summed E-state index contributed by atoms with van der Waals surface area (Å²) in [5.74, 6) is -0.551. The maximum Gasteiger partial charge on any atom is 0.417 e. The molecule has 3 atom stereocenters. The van der Waals surface area contributed by atoms with Crippen LogP contribution in [0.1, 0.15) is 54.6 Å².